The molecule has 0 saturated carbocycles. The van der Waals surface area contributed by atoms with Crippen LogP contribution in [0.4, 0.5) is 13.2 Å². The molecular weight excluding hydrogens is 607 g/mol. The van der Waals surface area contributed by atoms with Crippen molar-refractivity contribution in [1.29, 1.82) is 0 Å². The predicted octanol–water partition coefficient (Wildman–Crippen LogP) is 6.26. The van der Waals surface area contributed by atoms with Crippen LogP contribution in [0.25, 0.3) is 6.08 Å². The van der Waals surface area contributed by atoms with Gasteiger partial charge in [-0.1, -0.05) is 72.5 Å². The summed E-state index contributed by atoms with van der Waals surface area (Å²) in [6.45, 7) is -0.117. The number of rotatable bonds is 13. The van der Waals surface area contributed by atoms with Crippen molar-refractivity contribution in [3.8, 4) is 17.2 Å². The zero-order valence-corrected chi connectivity index (χ0v) is 24.3. The highest BCUT2D eigenvalue weighted by Crippen LogP contribution is 2.36. The van der Waals surface area contributed by atoms with E-state index in [1.54, 1.807) is 31.4 Å². The van der Waals surface area contributed by atoms with Crippen molar-refractivity contribution in [2.45, 2.75) is 18.9 Å². The van der Waals surface area contributed by atoms with Crippen LogP contribution in [0.3, 0.4) is 0 Å². The number of thiocarbonyl (C=S) groups is 1. The molecule has 1 aliphatic rings. The molecule has 1 heterocycles. The first-order chi connectivity index (χ1) is 20.5. The number of carboxylic acid groups (broad SMARTS) is 1. The van der Waals surface area contributed by atoms with Gasteiger partial charge in [0, 0.05) is 13.5 Å². The van der Waals surface area contributed by atoms with Crippen molar-refractivity contribution in [3.63, 3.8) is 0 Å². The van der Waals surface area contributed by atoms with E-state index in [1.807, 2.05) is 30.3 Å². The highest BCUT2D eigenvalue weighted by molar-refractivity contribution is 8.26. The molecule has 43 heavy (non-hydrogen) atoms. The van der Waals surface area contributed by atoms with Crippen molar-refractivity contribution < 1.29 is 46.8 Å². The van der Waals surface area contributed by atoms with Gasteiger partial charge in [-0.3, -0.25) is 14.5 Å². The number of carboxylic acids is 1. The van der Waals surface area contributed by atoms with Crippen LogP contribution in [0, 0.1) is 0 Å². The first-order valence-electron chi connectivity index (χ1n) is 12.8. The Morgan fingerprint density at radius 2 is 1.79 bits per heavy atom. The Hall–Kier alpha value is -4.07. The number of aliphatic carboxylic acids is 1. The van der Waals surface area contributed by atoms with Gasteiger partial charge < -0.3 is 24.1 Å². The molecule has 0 aliphatic carbocycles. The fraction of sp³-hybridized carbons (Fsp3) is 0.233. The summed E-state index contributed by atoms with van der Waals surface area (Å²) in [6, 6.07) is 20.0. The molecule has 0 aromatic heterocycles. The van der Waals surface area contributed by atoms with Crippen molar-refractivity contribution in [3.05, 3.63) is 94.4 Å². The Labute approximate surface area is 255 Å². The summed E-state index contributed by atoms with van der Waals surface area (Å²) in [7, 11) is 1.55. The van der Waals surface area contributed by atoms with E-state index in [0.29, 0.717) is 23.5 Å². The summed E-state index contributed by atoms with van der Waals surface area (Å²) in [4.78, 5) is 25.2. The van der Waals surface area contributed by atoms with E-state index in [-0.39, 0.29) is 28.2 Å². The maximum Gasteiger partial charge on any atom is 0.573 e. The summed E-state index contributed by atoms with van der Waals surface area (Å²) in [5.74, 6) is -1.24. The van der Waals surface area contributed by atoms with Gasteiger partial charge in [-0.05, 0) is 47.0 Å². The van der Waals surface area contributed by atoms with E-state index in [0.717, 1.165) is 27.8 Å². The molecule has 0 bridgehead atoms. The smallest absolute Gasteiger partial charge is 0.489 e. The van der Waals surface area contributed by atoms with E-state index in [4.69, 9.17) is 31.5 Å². The van der Waals surface area contributed by atoms with Gasteiger partial charge in [0.2, 0.25) is 0 Å². The molecule has 3 aromatic rings. The molecular formula is C30H26F3NO7S2. The molecule has 0 spiro atoms. The fourth-order valence-electron chi connectivity index (χ4n) is 4.06. The van der Waals surface area contributed by atoms with Crippen molar-refractivity contribution in [1.82, 2.24) is 4.90 Å². The fourth-order valence-corrected chi connectivity index (χ4v) is 5.31. The standard InChI is InChI=1S/C30H26F3NO7S2/c1-38-18-25(21-5-3-2-4-6-21)40-24-15-20(16-26-28(37)34(17-27(35)36)29(42)43-26)9-12-23(24)39-14-13-19-7-10-22(11-8-19)41-30(31,32)33/h2-12,15-16,25H,13-14,17-18H2,1H3,(H,35,36). The number of alkyl halides is 3. The number of thioether (sulfide) groups is 1. The molecule has 4 rings (SSSR count). The zero-order valence-electron chi connectivity index (χ0n) is 22.7. The van der Waals surface area contributed by atoms with E-state index in [2.05, 4.69) is 4.74 Å². The molecule has 0 radical (unpaired) electrons. The van der Waals surface area contributed by atoms with Gasteiger partial charge in [-0.25, -0.2) is 0 Å². The predicted molar refractivity (Wildman–Crippen MR) is 158 cm³/mol. The zero-order chi connectivity index (χ0) is 31.0. The van der Waals surface area contributed by atoms with E-state index < -0.39 is 30.9 Å². The van der Waals surface area contributed by atoms with Crippen LogP contribution in [0.2, 0.25) is 0 Å². The number of hydrogen-bond donors (Lipinski definition) is 1. The highest BCUT2D eigenvalue weighted by atomic mass is 32.2. The summed E-state index contributed by atoms with van der Waals surface area (Å²) in [6.07, 6.45) is -3.29. The number of nitrogens with zero attached hydrogens (tertiary/aromatic N) is 1. The molecule has 1 fully saturated rings. The van der Waals surface area contributed by atoms with Crippen LogP contribution < -0.4 is 14.2 Å². The second-order valence-electron chi connectivity index (χ2n) is 9.13. The number of hydrogen-bond acceptors (Lipinski definition) is 8. The summed E-state index contributed by atoms with van der Waals surface area (Å²) >= 11 is 6.19. The van der Waals surface area contributed by atoms with Crippen LogP contribution >= 0.6 is 24.0 Å². The Bertz CT molecular complexity index is 1480. The quantitative estimate of drug-likeness (QED) is 0.173. The minimum Gasteiger partial charge on any atom is -0.489 e. The van der Waals surface area contributed by atoms with Gasteiger partial charge in [0.15, 0.2) is 11.5 Å². The number of methoxy groups -OCH3 is 1. The molecule has 1 unspecified atom stereocenters. The first kappa shape index (κ1) is 31.9. The monoisotopic (exact) mass is 633 g/mol. The summed E-state index contributed by atoms with van der Waals surface area (Å²) < 4.78 is 59.2. The molecule has 1 saturated heterocycles. The summed E-state index contributed by atoms with van der Waals surface area (Å²) in [5, 5.41) is 9.10. The molecule has 1 N–H and O–H groups in total. The summed E-state index contributed by atoms with van der Waals surface area (Å²) in [5.41, 5.74) is 2.18. The number of halogens is 3. The average Bonchev–Trinajstić information content (AvgIpc) is 3.21. The van der Waals surface area contributed by atoms with Crippen LogP contribution in [0.5, 0.6) is 17.2 Å². The largest absolute Gasteiger partial charge is 0.573 e. The lowest BCUT2D eigenvalue weighted by atomic mass is 10.1. The molecule has 8 nitrogen and oxygen atoms in total. The molecule has 3 aromatic carbocycles. The van der Waals surface area contributed by atoms with E-state index in [9.17, 15) is 22.8 Å². The van der Waals surface area contributed by atoms with Crippen LogP contribution in [-0.2, 0) is 20.7 Å². The third-order valence-corrected chi connectivity index (χ3v) is 7.37. The normalized spacial score (nSPS) is 15.1. The van der Waals surface area contributed by atoms with Gasteiger partial charge in [-0.15, -0.1) is 13.2 Å². The van der Waals surface area contributed by atoms with Crippen LogP contribution in [0.1, 0.15) is 22.8 Å². The second kappa shape index (κ2) is 14.4. The third kappa shape index (κ3) is 9.21. The van der Waals surface area contributed by atoms with Crippen LogP contribution in [0.15, 0.2) is 77.7 Å². The Balaban J connectivity index is 1.55. The third-order valence-electron chi connectivity index (χ3n) is 6.00. The van der Waals surface area contributed by atoms with Gasteiger partial charge in [-0.2, -0.15) is 0 Å². The van der Waals surface area contributed by atoms with Crippen molar-refractivity contribution >= 4 is 46.3 Å². The SMILES string of the molecule is COCC(Oc1cc(C=C2SC(=S)N(CC(=O)O)C2=O)ccc1OCCc1ccc(OC(F)(F)F)cc1)c1ccccc1. The van der Waals surface area contributed by atoms with E-state index in [1.165, 1.54) is 24.3 Å². The topological polar surface area (TPSA) is 94.5 Å². The van der Waals surface area contributed by atoms with Crippen molar-refractivity contribution in [2.75, 3.05) is 26.9 Å². The lowest BCUT2D eigenvalue weighted by molar-refractivity contribution is -0.274. The Kier molecular flexibility index (Phi) is 10.7. The minimum atomic E-state index is -4.77. The number of ether oxygens (including phenoxy) is 4. The molecule has 13 heteroatoms. The Morgan fingerprint density at radius 3 is 2.44 bits per heavy atom. The number of amides is 1. The molecule has 1 amide bonds. The van der Waals surface area contributed by atoms with Crippen molar-refractivity contribution in [2.24, 2.45) is 0 Å². The van der Waals surface area contributed by atoms with Gasteiger partial charge in [0.25, 0.3) is 5.91 Å². The molecule has 226 valence electrons. The molecule has 1 aliphatic heterocycles. The van der Waals surface area contributed by atoms with Crippen LogP contribution in [-0.4, -0.2) is 59.4 Å². The lowest BCUT2D eigenvalue weighted by Gasteiger charge is -2.21. The highest BCUT2D eigenvalue weighted by Gasteiger charge is 2.33. The number of benzene rings is 3. The first-order valence-corrected chi connectivity index (χ1v) is 14.0. The minimum absolute atomic E-state index is 0.150. The number of carbonyl (C=O) groups is 2. The molecule has 1 atom stereocenters. The maximum atomic E-state index is 12.8. The maximum absolute atomic E-state index is 12.8. The van der Waals surface area contributed by atoms with Gasteiger partial charge in [0.05, 0.1) is 18.1 Å². The van der Waals surface area contributed by atoms with Gasteiger partial charge in [0.1, 0.15) is 22.7 Å². The van der Waals surface area contributed by atoms with Gasteiger partial charge >= 0.3 is 12.3 Å². The second-order valence-corrected chi connectivity index (χ2v) is 10.8. The Morgan fingerprint density at radius 1 is 1.07 bits per heavy atom. The average molecular weight is 634 g/mol. The number of carbonyl (C=O) groups excluding carboxylic acids is 1. The lowest BCUT2D eigenvalue weighted by Crippen LogP contribution is -2.33. The van der Waals surface area contributed by atoms with E-state index >= 15 is 0 Å².